The molecule has 1 heterocycles. The number of benzene rings is 1. The van der Waals surface area contributed by atoms with Crippen molar-refractivity contribution in [2.75, 3.05) is 25.4 Å². The largest absolute Gasteiger partial charge is 0.355 e. The van der Waals surface area contributed by atoms with Crippen LogP contribution in [0.15, 0.2) is 24.3 Å². The highest BCUT2D eigenvalue weighted by molar-refractivity contribution is 7.89. The Morgan fingerprint density at radius 3 is 2.35 bits per heavy atom. The average Bonchev–Trinajstić information content (AvgIpc) is 2.61. The molecule has 0 aromatic heterocycles. The molecule has 2 rings (SSSR count). The van der Waals surface area contributed by atoms with Crippen LogP contribution in [0.2, 0.25) is 0 Å². The van der Waals surface area contributed by atoms with Gasteiger partial charge in [-0.2, -0.15) is 0 Å². The van der Waals surface area contributed by atoms with E-state index in [1.807, 2.05) is 13.8 Å². The van der Waals surface area contributed by atoms with E-state index >= 15 is 0 Å². The topological polar surface area (TPSA) is 66.5 Å². The zero-order valence-corrected chi connectivity index (χ0v) is 16.4. The van der Waals surface area contributed by atoms with Crippen molar-refractivity contribution in [3.8, 4) is 0 Å². The molecule has 0 bridgehead atoms. The minimum Gasteiger partial charge on any atom is -0.355 e. The maximum absolute atomic E-state index is 13.1. The Morgan fingerprint density at radius 1 is 1.15 bits per heavy atom. The summed E-state index contributed by atoms with van der Waals surface area (Å²) in [6, 6.07) is 6.20. The van der Waals surface area contributed by atoms with Crippen molar-refractivity contribution in [3.63, 3.8) is 0 Å². The molecule has 1 N–H and O–H groups in total. The van der Waals surface area contributed by atoms with Crippen LogP contribution in [0.1, 0.15) is 51.0 Å². The number of amides is 1. The predicted octanol–water partition coefficient (Wildman–Crippen LogP) is 2.89. The molecule has 5 nitrogen and oxygen atoms in total. The zero-order chi connectivity index (χ0) is 19.2. The Hall–Kier alpha value is -1.47. The van der Waals surface area contributed by atoms with Crippen LogP contribution in [0, 0.1) is 11.7 Å². The molecule has 0 radical (unpaired) electrons. The van der Waals surface area contributed by atoms with Crippen LogP contribution in [0.3, 0.4) is 0 Å². The minimum absolute atomic E-state index is 0.0331. The van der Waals surface area contributed by atoms with Crippen LogP contribution in [0.5, 0.6) is 0 Å². The number of rotatable bonds is 8. The maximum Gasteiger partial charge on any atom is 0.220 e. The third-order valence-corrected chi connectivity index (χ3v) is 6.77. The van der Waals surface area contributed by atoms with Crippen LogP contribution in [0.4, 0.5) is 4.39 Å². The van der Waals surface area contributed by atoms with Gasteiger partial charge in [-0.05, 0) is 42.4 Å². The third kappa shape index (κ3) is 6.06. The van der Waals surface area contributed by atoms with Crippen molar-refractivity contribution in [2.24, 2.45) is 5.92 Å². The molecule has 1 aromatic carbocycles. The Bertz CT molecular complexity index is 683. The van der Waals surface area contributed by atoms with E-state index < -0.39 is 10.0 Å². The van der Waals surface area contributed by atoms with Gasteiger partial charge in [-0.25, -0.2) is 17.1 Å². The van der Waals surface area contributed by atoms with Crippen molar-refractivity contribution < 1.29 is 17.6 Å². The SMILES string of the molecule is CC(C)C(CC(=O)NCCS(=O)(=O)N1CCCCC1)c1ccc(F)cc1. The van der Waals surface area contributed by atoms with Crippen molar-refractivity contribution in [3.05, 3.63) is 35.6 Å². The van der Waals surface area contributed by atoms with Crippen molar-refractivity contribution in [2.45, 2.75) is 45.4 Å². The van der Waals surface area contributed by atoms with E-state index in [1.165, 1.54) is 16.4 Å². The molecule has 146 valence electrons. The first-order valence-corrected chi connectivity index (χ1v) is 10.9. The fourth-order valence-corrected chi connectivity index (χ4v) is 4.74. The lowest BCUT2D eigenvalue weighted by molar-refractivity contribution is -0.121. The van der Waals surface area contributed by atoms with Gasteiger partial charge in [0.2, 0.25) is 15.9 Å². The number of sulfonamides is 1. The van der Waals surface area contributed by atoms with Gasteiger partial charge in [-0.1, -0.05) is 32.4 Å². The molecule has 1 aliphatic rings. The first-order valence-electron chi connectivity index (χ1n) is 9.29. The molecule has 7 heteroatoms. The fourth-order valence-electron chi connectivity index (χ4n) is 3.31. The standard InChI is InChI=1S/C19H29FN2O3S/c1-15(2)18(16-6-8-17(20)9-7-16)14-19(23)21-10-13-26(24,25)22-11-4-3-5-12-22/h6-9,15,18H,3-5,10-14H2,1-2H3,(H,21,23). The second-order valence-corrected chi connectivity index (χ2v) is 9.32. The van der Waals surface area contributed by atoms with E-state index in [-0.39, 0.29) is 42.3 Å². The number of piperidine rings is 1. The molecule has 0 saturated carbocycles. The molecule has 0 spiro atoms. The van der Waals surface area contributed by atoms with E-state index in [0.29, 0.717) is 13.1 Å². The monoisotopic (exact) mass is 384 g/mol. The number of hydrogen-bond donors (Lipinski definition) is 1. The molecule has 1 aromatic rings. The highest BCUT2D eigenvalue weighted by Gasteiger charge is 2.24. The summed E-state index contributed by atoms with van der Waals surface area (Å²) in [6.07, 6.45) is 3.13. The van der Waals surface area contributed by atoms with Gasteiger partial charge in [0.1, 0.15) is 5.82 Å². The highest BCUT2D eigenvalue weighted by Crippen LogP contribution is 2.28. The second-order valence-electron chi connectivity index (χ2n) is 7.23. The Labute approximate surface area is 156 Å². The summed E-state index contributed by atoms with van der Waals surface area (Å²) in [5.41, 5.74) is 0.914. The molecule has 1 atom stereocenters. The summed E-state index contributed by atoms with van der Waals surface area (Å²) < 4.78 is 39.2. The number of halogens is 1. The lowest BCUT2D eigenvalue weighted by Gasteiger charge is -2.26. The molecule has 1 unspecified atom stereocenters. The van der Waals surface area contributed by atoms with Gasteiger partial charge in [0.25, 0.3) is 0 Å². The van der Waals surface area contributed by atoms with Crippen LogP contribution >= 0.6 is 0 Å². The van der Waals surface area contributed by atoms with Crippen molar-refractivity contribution >= 4 is 15.9 Å². The summed E-state index contributed by atoms with van der Waals surface area (Å²) >= 11 is 0. The highest BCUT2D eigenvalue weighted by atomic mass is 32.2. The van der Waals surface area contributed by atoms with Gasteiger partial charge in [0.15, 0.2) is 0 Å². The first kappa shape index (κ1) is 20.8. The predicted molar refractivity (Wildman–Crippen MR) is 101 cm³/mol. The Balaban J connectivity index is 1.85. The van der Waals surface area contributed by atoms with E-state index in [2.05, 4.69) is 5.32 Å². The van der Waals surface area contributed by atoms with E-state index in [9.17, 15) is 17.6 Å². The zero-order valence-electron chi connectivity index (χ0n) is 15.6. The maximum atomic E-state index is 13.1. The molecular weight excluding hydrogens is 355 g/mol. The smallest absolute Gasteiger partial charge is 0.220 e. The molecule has 1 fully saturated rings. The van der Waals surface area contributed by atoms with Gasteiger partial charge in [0, 0.05) is 26.1 Å². The van der Waals surface area contributed by atoms with Gasteiger partial charge in [-0.3, -0.25) is 4.79 Å². The van der Waals surface area contributed by atoms with Crippen molar-refractivity contribution in [1.82, 2.24) is 9.62 Å². The van der Waals surface area contributed by atoms with E-state index in [4.69, 9.17) is 0 Å². The average molecular weight is 385 g/mol. The van der Waals surface area contributed by atoms with Gasteiger partial charge < -0.3 is 5.32 Å². The third-order valence-electron chi connectivity index (χ3n) is 4.90. The van der Waals surface area contributed by atoms with Crippen molar-refractivity contribution in [1.29, 1.82) is 0 Å². The summed E-state index contributed by atoms with van der Waals surface area (Å²) in [7, 11) is -3.30. The summed E-state index contributed by atoms with van der Waals surface area (Å²) in [6.45, 7) is 5.31. The minimum atomic E-state index is -3.30. The quantitative estimate of drug-likeness (QED) is 0.749. The number of nitrogens with zero attached hydrogens (tertiary/aromatic N) is 1. The molecule has 1 amide bonds. The molecular formula is C19H29FN2O3S. The van der Waals surface area contributed by atoms with Crippen LogP contribution < -0.4 is 5.32 Å². The van der Waals surface area contributed by atoms with Gasteiger partial charge >= 0.3 is 0 Å². The summed E-state index contributed by atoms with van der Waals surface area (Å²) in [5, 5.41) is 2.73. The van der Waals surface area contributed by atoms with Gasteiger partial charge in [0.05, 0.1) is 5.75 Å². The van der Waals surface area contributed by atoms with E-state index in [1.54, 1.807) is 12.1 Å². The second kappa shape index (κ2) is 9.46. The Kier molecular flexibility index (Phi) is 7.58. The number of nitrogens with one attached hydrogen (secondary N) is 1. The normalized spacial score (nSPS) is 17.2. The lowest BCUT2D eigenvalue weighted by atomic mass is 9.85. The van der Waals surface area contributed by atoms with Crippen LogP contribution in [-0.2, 0) is 14.8 Å². The number of carbonyl (C=O) groups is 1. The molecule has 0 aliphatic carbocycles. The fraction of sp³-hybridized carbons (Fsp3) is 0.632. The summed E-state index contributed by atoms with van der Waals surface area (Å²) in [5.74, 6) is -0.371. The Morgan fingerprint density at radius 2 is 1.77 bits per heavy atom. The molecule has 1 saturated heterocycles. The van der Waals surface area contributed by atoms with Gasteiger partial charge in [-0.15, -0.1) is 0 Å². The molecule has 26 heavy (non-hydrogen) atoms. The lowest BCUT2D eigenvalue weighted by Crippen LogP contribution is -2.40. The first-order chi connectivity index (χ1) is 12.3. The number of hydrogen-bond acceptors (Lipinski definition) is 3. The number of carbonyl (C=O) groups excluding carboxylic acids is 1. The van der Waals surface area contributed by atoms with E-state index in [0.717, 1.165) is 24.8 Å². The molecule has 1 aliphatic heterocycles. The summed E-state index contributed by atoms with van der Waals surface area (Å²) in [4.78, 5) is 12.3. The van der Waals surface area contributed by atoms with Crippen LogP contribution in [0.25, 0.3) is 0 Å². The van der Waals surface area contributed by atoms with Crippen LogP contribution in [-0.4, -0.2) is 44.0 Å².